The van der Waals surface area contributed by atoms with E-state index in [1.54, 1.807) is 20.8 Å². The summed E-state index contributed by atoms with van der Waals surface area (Å²) in [6.07, 6.45) is 1.25. The SMILES string of the molecule is CCC(C)C(NC(=O)C(CCCN=C(N)N)NC(=O)C(N)C(C)C)C(=O)O. The van der Waals surface area contributed by atoms with Crippen LogP contribution in [0.15, 0.2) is 4.99 Å². The molecule has 0 radical (unpaired) electrons. The predicted molar refractivity (Wildman–Crippen MR) is 104 cm³/mol. The molecule has 0 aliphatic carbocycles. The Kier molecular flexibility index (Phi) is 11.0. The van der Waals surface area contributed by atoms with Crippen LogP contribution < -0.4 is 27.8 Å². The Labute approximate surface area is 160 Å². The predicted octanol–water partition coefficient (Wildman–Crippen LogP) is -0.876. The zero-order chi connectivity index (χ0) is 21.1. The van der Waals surface area contributed by atoms with Crippen LogP contribution in [0.4, 0.5) is 0 Å². The van der Waals surface area contributed by atoms with Gasteiger partial charge in [0.15, 0.2) is 5.96 Å². The lowest BCUT2D eigenvalue weighted by molar-refractivity contribution is -0.143. The number of nitrogens with one attached hydrogen (secondary N) is 2. The van der Waals surface area contributed by atoms with E-state index in [4.69, 9.17) is 17.2 Å². The molecule has 2 amide bonds. The summed E-state index contributed by atoms with van der Waals surface area (Å²) < 4.78 is 0. The van der Waals surface area contributed by atoms with Crippen LogP contribution in [0.3, 0.4) is 0 Å². The lowest BCUT2D eigenvalue weighted by Gasteiger charge is -2.25. The van der Waals surface area contributed by atoms with E-state index in [0.717, 1.165) is 0 Å². The van der Waals surface area contributed by atoms with Gasteiger partial charge in [-0.05, 0) is 24.7 Å². The third-order valence-electron chi connectivity index (χ3n) is 4.38. The lowest BCUT2D eigenvalue weighted by atomic mass is 9.98. The third-order valence-corrected chi connectivity index (χ3v) is 4.38. The fraction of sp³-hybridized carbons (Fsp3) is 0.765. The third kappa shape index (κ3) is 9.23. The van der Waals surface area contributed by atoms with Crippen molar-refractivity contribution in [2.75, 3.05) is 6.54 Å². The van der Waals surface area contributed by atoms with Crippen LogP contribution >= 0.6 is 0 Å². The number of guanidine groups is 1. The van der Waals surface area contributed by atoms with Gasteiger partial charge in [-0.25, -0.2) is 4.79 Å². The van der Waals surface area contributed by atoms with Crippen molar-refractivity contribution in [3.8, 4) is 0 Å². The van der Waals surface area contributed by atoms with Crippen molar-refractivity contribution >= 4 is 23.7 Å². The second kappa shape index (κ2) is 12.1. The number of nitrogens with zero attached hydrogens (tertiary/aromatic N) is 1. The van der Waals surface area contributed by atoms with Crippen LogP contribution in [0.5, 0.6) is 0 Å². The highest BCUT2D eigenvalue weighted by Crippen LogP contribution is 2.10. The van der Waals surface area contributed by atoms with Crippen molar-refractivity contribution in [2.24, 2.45) is 34.0 Å². The fourth-order valence-corrected chi connectivity index (χ4v) is 2.28. The summed E-state index contributed by atoms with van der Waals surface area (Å²) in [4.78, 5) is 40.2. The fourth-order valence-electron chi connectivity index (χ4n) is 2.28. The van der Waals surface area contributed by atoms with Crippen LogP contribution in [-0.2, 0) is 14.4 Å². The molecule has 0 aromatic heterocycles. The molecular weight excluding hydrogens is 352 g/mol. The summed E-state index contributed by atoms with van der Waals surface area (Å²) in [5.41, 5.74) is 16.4. The van der Waals surface area contributed by atoms with Crippen molar-refractivity contribution in [2.45, 2.75) is 65.1 Å². The minimum absolute atomic E-state index is 0.0652. The van der Waals surface area contributed by atoms with Gasteiger partial charge in [0.25, 0.3) is 0 Å². The number of amides is 2. The number of carboxylic acids is 1. The molecule has 0 aliphatic rings. The van der Waals surface area contributed by atoms with Gasteiger partial charge in [0.1, 0.15) is 12.1 Å². The number of hydrogen-bond acceptors (Lipinski definition) is 5. The van der Waals surface area contributed by atoms with E-state index in [1.807, 2.05) is 6.92 Å². The van der Waals surface area contributed by atoms with E-state index in [-0.39, 0.29) is 30.8 Å². The van der Waals surface area contributed by atoms with Crippen LogP contribution in [0.1, 0.15) is 47.0 Å². The molecule has 0 heterocycles. The molecule has 0 saturated carbocycles. The molecule has 27 heavy (non-hydrogen) atoms. The Bertz CT molecular complexity index is 534. The van der Waals surface area contributed by atoms with Gasteiger partial charge in [0.2, 0.25) is 11.8 Å². The number of rotatable bonds is 12. The highest BCUT2D eigenvalue weighted by Gasteiger charge is 2.30. The number of hydrogen-bond donors (Lipinski definition) is 6. The minimum Gasteiger partial charge on any atom is -0.480 e. The summed E-state index contributed by atoms with van der Waals surface area (Å²) in [5.74, 6) is -2.60. The molecule has 10 heteroatoms. The van der Waals surface area contributed by atoms with E-state index in [9.17, 15) is 19.5 Å². The van der Waals surface area contributed by atoms with Gasteiger partial charge < -0.3 is 32.9 Å². The van der Waals surface area contributed by atoms with E-state index >= 15 is 0 Å². The smallest absolute Gasteiger partial charge is 0.326 e. The second-order valence-electron chi connectivity index (χ2n) is 6.99. The van der Waals surface area contributed by atoms with Crippen LogP contribution in [-0.4, -0.2) is 53.5 Å². The van der Waals surface area contributed by atoms with E-state index in [0.29, 0.717) is 12.8 Å². The van der Waals surface area contributed by atoms with E-state index in [2.05, 4.69) is 15.6 Å². The summed E-state index contributed by atoms with van der Waals surface area (Å²) in [5, 5.41) is 14.5. The molecule has 10 nitrogen and oxygen atoms in total. The zero-order valence-electron chi connectivity index (χ0n) is 16.6. The monoisotopic (exact) mass is 386 g/mol. The van der Waals surface area contributed by atoms with Crippen molar-refractivity contribution in [1.29, 1.82) is 0 Å². The van der Waals surface area contributed by atoms with Crippen LogP contribution in [0.2, 0.25) is 0 Å². The van der Waals surface area contributed by atoms with Crippen molar-refractivity contribution < 1.29 is 19.5 Å². The van der Waals surface area contributed by atoms with Crippen molar-refractivity contribution in [3.63, 3.8) is 0 Å². The minimum atomic E-state index is -1.12. The Morgan fingerprint density at radius 3 is 2.11 bits per heavy atom. The molecular formula is C17H34N6O4. The summed E-state index contributed by atoms with van der Waals surface area (Å²) in [6.45, 7) is 7.44. The Balaban J connectivity index is 5.18. The van der Waals surface area contributed by atoms with Crippen molar-refractivity contribution in [3.05, 3.63) is 0 Å². The standard InChI is InChI=1S/C17H34N6O4/c1-5-10(4)13(16(26)27)23-14(24)11(7-6-8-21-17(19)20)22-15(25)12(18)9(2)3/h9-13H,5-8,18H2,1-4H3,(H,22,25)(H,23,24)(H,26,27)(H4,19,20,21). The van der Waals surface area contributed by atoms with Gasteiger partial charge in [-0.15, -0.1) is 0 Å². The van der Waals surface area contributed by atoms with Gasteiger partial charge in [-0.2, -0.15) is 0 Å². The molecule has 0 aliphatic heterocycles. The lowest BCUT2D eigenvalue weighted by Crippen LogP contribution is -2.56. The quantitative estimate of drug-likeness (QED) is 0.143. The maximum Gasteiger partial charge on any atom is 0.326 e. The molecule has 0 aromatic rings. The van der Waals surface area contributed by atoms with Crippen LogP contribution in [0, 0.1) is 11.8 Å². The molecule has 0 bridgehead atoms. The summed E-state index contributed by atoms with van der Waals surface area (Å²) >= 11 is 0. The number of carboxylic acid groups (broad SMARTS) is 1. The average Bonchev–Trinajstić information content (AvgIpc) is 2.59. The molecule has 0 fully saturated rings. The number of aliphatic carboxylic acids is 1. The first-order valence-corrected chi connectivity index (χ1v) is 9.15. The Morgan fingerprint density at radius 2 is 1.67 bits per heavy atom. The summed E-state index contributed by atoms with van der Waals surface area (Å²) in [7, 11) is 0. The normalized spacial score (nSPS) is 15.3. The highest BCUT2D eigenvalue weighted by atomic mass is 16.4. The summed E-state index contributed by atoms with van der Waals surface area (Å²) in [6, 6.07) is -2.75. The Hall–Kier alpha value is -2.36. The molecule has 156 valence electrons. The van der Waals surface area contributed by atoms with Gasteiger partial charge in [-0.1, -0.05) is 34.1 Å². The van der Waals surface area contributed by atoms with Crippen molar-refractivity contribution in [1.82, 2.24) is 10.6 Å². The van der Waals surface area contributed by atoms with Crippen LogP contribution in [0.25, 0.3) is 0 Å². The van der Waals surface area contributed by atoms with Gasteiger partial charge in [-0.3, -0.25) is 14.6 Å². The molecule has 0 rings (SSSR count). The number of nitrogens with two attached hydrogens (primary N) is 3. The molecule has 0 aromatic carbocycles. The Morgan fingerprint density at radius 1 is 1.07 bits per heavy atom. The largest absolute Gasteiger partial charge is 0.480 e. The topological polar surface area (TPSA) is 186 Å². The van der Waals surface area contributed by atoms with E-state index < -0.39 is 35.9 Å². The maximum atomic E-state index is 12.6. The molecule has 4 atom stereocenters. The highest BCUT2D eigenvalue weighted by molar-refractivity contribution is 5.91. The second-order valence-corrected chi connectivity index (χ2v) is 6.99. The molecule has 0 spiro atoms. The maximum absolute atomic E-state index is 12.6. The average molecular weight is 386 g/mol. The van der Waals surface area contributed by atoms with Gasteiger partial charge in [0.05, 0.1) is 6.04 Å². The first-order valence-electron chi connectivity index (χ1n) is 9.15. The first kappa shape index (κ1) is 24.6. The first-order chi connectivity index (χ1) is 12.5. The number of carbonyl (C=O) groups is 3. The molecule has 9 N–H and O–H groups in total. The number of aliphatic imine (C=N–C) groups is 1. The number of carbonyl (C=O) groups excluding carboxylic acids is 2. The zero-order valence-corrected chi connectivity index (χ0v) is 16.6. The van der Waals surface area contributed by atoms with E-state index in [1.165, 1.54) is 0 Å². The molecule has 0 saturated heterocycles. The van der Waals surface area contributed by atoms with Gasteiger partial charge >= 0.3 is 5.97 Å². The van der Waals surface area contributed by atoms with Gasteiger partial charge in [0, 0.05) is 6.54 Å². The molecule has 4 unspecified atom stereocenters.